The number of amides is 1. The fourth-order valence-electron chi connectivity index (χ4n) is 2.34. The van der Waals surface area contributed by atoms with Gasteiger partial charge in [-0.05, 0) is 31.2 Å². The van der Waals surface area contributed by atoms with Gasteiger partial charge in [-0.1, -0.05) is 36.0 Å². The SMILES string of the molecule is CC(=O)c1cccc(NC(=O)CSc2nnc(-c3cccc(F)c3)n2N)c1. The Kier molecular flexibility index (Phi) is 5.51. The number of aromatic nitrogens is 3. The van der Waals surface area contributed by atoms with Gasteiger partial charge in [0.25, 0.3) is 0 Å². The molecule has 9 heteroatoms. The van der Waals surface area contributed by atoms with Crippen LogP contribution in [0, 0.1) is 5.82 Å². The molecule has 0 bridgehead atoms. The number of carbonyl (C=O) groups excluding carboxylic acids is 2. The predicted molar refractivity (Wildman–Crippen MR) is 101 cm³/mol. The van der Waals surface area contributed by atoms with Crippen LogP contribution in [0.4, 0.5) is 10.1 Å². The second-order valence-corrected chi connectivity index (χ2v) is 6.60. The molecule has 138 valence electrons. The van der Waals surface area contributed by atoms with E-state index in [2.05, 4.69) is 15.5 Å². The Balaban J connectivity index is 1.64. The highest BCUT2D eigenvalue weighted by atomic mass is 32.2. The second kappa shape index (κ2) is 8.00. The molecular weight excluding hydrogens is 369 g/mol. The summed E-state index contributed by atoms with van der Waals surface area (Å²) in [6.07, 6.45) is 0. The van der Waals surface area contributed by atoms with E-state index in [0.717, 1.165) is 11.8 Å². The monoisotopic (exact) mass is 385 g/mol. The van der Waals surface area contributed by atoms with E-state index in [9.17, 15) is 14.0 Å². The molecule has 3 N–H and O–H groups in total. The Labute approximate surface area is 158 Å². The Hall–Kier alpha value is -3.20. The average molecular weight is 385 g/mol. The first kappa shape index (κ1) is 18.6. The molecule has 0 radical (unpaired) electrons. The van der Waals surface area contributed by atoms with E-state index >= 15 is 0 Å². The molecule has 7 nitrogen and oxygen atoms in total. The molecule has 0 atom stereocenters. The third-order valence-corrected chi connectivity index (χ3v) is 4.58. The Morgan fingerprint density at radius 2 is 1.96 bits per heavy atom. The van der Waals surface area contributed by atoms with E-state index in [1.807, 2.05) is 0 Å². The first-order chi connectivity index (χ1) is 12.9. The van der Waals surface area contributed by atoms with Crippen molar-refractivity contribution in [3.05, 3.63) is 59.9 Å². The molecule has 3 rings (SSSR count). The molecule has 27 heavy (non-hydrogen) atoms. The van der Waals surface area contributed by atoms with E-state index in [1.54, 1.807) is 36.4 Å². The number of rotatable bonds is 6. The van der Waals surface area contributed by atoms with E-state index in [-0.39, 0.29) is 17.4 Å². The number of nitrogens with one attached hydrogen (secondary N) is 1. The fraction of sp³-hybridized carbons (Fsp3) is 0.111. The van der Waals surface area contributed by atoms with Gasteiger partial charge in [0.2, 0.25) is 11.1 Å². The van der Waals surface area contributed by atoms with Crippen molar-refractivity contribution in [3.8, 4) is 11.4 Å². The zero-order chi connectivity index (χ0) is 19.4. The highest BCUT2D eigenvalue weighted by Gasteiger charge is 2.14. The minimum Gasteiger partial charge on any atom is -0.335 e. The predicted octanol–water partition coefficient (Wildman–Crippen LogP) is 2.73. The van der Waals surface area contributed by atoms with Crippen molar-refractivity contribution in [2.24, 2.45) is 0 Å². The number of hydrogen-bond donors (Lipinski definition) is 2. The van der Waals surface area contributed by atoms with Gasteiger partial charge < -0.3 is 11.2 Å². The number of Topliss-reactive ketones (excluding diaryl/α,β-unsaturated/α-hetero) is 1. The van der Waals surface area contributed by atoms with Gasteiger partial charge in [-0.3, -0.25) is 9.59 Å². The minimum absolute atomic E-state index is 0.0444. The Morgan fingerprint density at radius 3 is 2.70 bits per heavy atom. The fourth-order valence-corrected chi connectivity index (χ4v) is 3.00. The molecule has 0 saturated carbocycles. The lowest BCUT2D eigenvalue weighted by Crippen LogP contribution is -2.16. The van der Waals surface area contributed by atoms with Crippen molar-refractivity contribution < 1.29 is 14.0 Å². The van der Waals surface area contributed by atoms with Gasteiger partial charge in [-0.25, -0.2) is 9.07 Å². The first-order valence-corrected chi connectivity index (χ1v) is 8.92. The van der Waals surface area contributed by atoms with Crippen LogP contribution in [-0.4, -0.2) is 32.3 Å². The van der Waals surface area contributed by atoms with E-state index in [4.69, 9.17) is 5.84 Å². The summed E-state index contributed by atoms with van der Waals surface area (Å²) < 4.78 is 14.6. The highest BCUT2D eigenvalue weighted by Crippen LogP contribution is 2.22. The van der Waals surface area contributed by atoms with Crippen molar-refractivity contribution in [1.29, 1.82) is 0 Å². The summed E-state index contributed by atoms with van der Waals surface area (Å²) in [4.78, 5) is 23.5. The number of nitrogens with zero attached hydrogens (tertiary/aromatic N) is 3. The number of thioether (sulfide) groups is 1. The Morgan fingerprint density at radius 1 is 1.19 bits per heavy atom. The number of hydrogen-bond acceptors (Lipinski definition) is 6. The molecule has 0 spiro atoms. The third-order valence-electron chi connectivity index (χ3n) is 3.63. The zero-order valence-corrected chi connectivity index (χ0v) is 15.2. The van der Waals surface area contributed by atoms with Crippen molar-refractivity contribution in [1.82, 2.24) is 14.9 Å². The number of halogens is 1. The second-order valence-electron chi connectivity index (χ2n) is 5.66. The molecule has 1 heterocycles. The molecule has 0 saturated heterocycles. The van der Waals surface area contributed by atoms with Crippen LogP contribution in [-0.2, 0) is 4.79 Å². The number of ketones is 1. The van der Waals surface area contributed by atoms with Crippen LogP contribution < -0.4 is 11.2 Å². The summed E-state index contributed by atoms with van der Waals surface area (Å²) in [6, 6.07) is 12.5. The maximum atomic E-state index is 13.4. The largest absolute Gasteiger partial charge is 0.335 e. The van der Waals surface area contributed by atoms with Crippen LogP contribution in [0.5, 0.6) is 0 Å². The van der Waals surface area contributed by atoms with Crippen molar-refractivity contribution >= 4 is 29.1 Å². The normalized spacial score (nSPS) is 10.6. The molecule has 3 aromatic rings. The molecule has 0 aliphatic rings. The van der Waals surface area contributed by atoms with Crippen molar-refractivity contribution in [2.75, 3.05) is 16.9 Å². The van der Waals surface area contributed by atoms with Gasteiger partial charge in [0.15, 0.2) is 11.6 Å². The van der Waals surface area contributed by atoms with Gasteiger partial charge in [0.05, 0.1) is 5.75 Å². The maximum absolute atomic E-state index is 13.4. The molecule has 1 aromatic heterocycles. The Bertz CT molecular complexity index is 1000. The molecule has 0 aliphatic heterocycles. The lowest BCUT2D eigenvalue weighted by molar-refractivity contribution is -0.113. The molecule has 1 amide bonds. The number of nitrogen functional groups attached to an aromatic ring is 1. The van der Waals surface area contributed by atoms with Gasteiger partial charge in [0.1, 0.15) is 5.82 Å². The van der Waals surface area contributed by atoms with E-state index in [1.165, 1.54) is 23.7 Å². The first-order valence-electron chi connectivity index (χ1n) is 7.94. The van der Waals surface area contributed by atoms with Crippen LogP contribution >= 0.6 is 11.8 Å². The van der Waals surface area contributed by atoms with Crippen LogP contribution in [0.15, 0.2) is 53.7 Å². The number of benzene rings is 2. The lowest BCUT2D eigenvalue weighted by atomic mass is 10.1. The summed E-state index contributed by atoms with van der Waals surface area (Å²) in [5.74, 6) is 5.53. The average Bonchev–Trinajstić information content (AvgIpc) is 3.01. The highest BCUT2D eigenvalue weighted by molar-refractivity contribution is 7.99. The molecule has 0 aliphatic carbocycles. The van der Waals surface area contributed by atoms with Crippen molar-refractivity contribution in [2.45, 2.75) is 12.1 Å². The summed E-state index contributed by atoms with van der Waals surface area (Å²) in [7, 11) is 0. The van der Waals surface area contributed by atoms with Crippen LogP contribution in [0.2, 0.25) is 0 Å². The van der Waals surface area contributed by atoms with E-state index < -0.39 is 5.82 Å². The van der Waals surface area contributed by atoms with Gasteiger partial charge >= 0.3 is 0 Å². The number of carbonyl (C=O) groups is 2. The van der Waals surface area contributed by atoms with Gasteiger partial charge in [-0.15, -0.1) is 10.2 Å². The summed E-state index contributed by atoms with van der Waals surface area (Å²) in [5, 5.41) is 10.9. The summed E-state index contributed by atoms with van der Waals surface area (Å²) >= 11 is 1.10. The summed E-state index contributed by atoms with van der Waals surface area (Å²) in [6.45, 7) is 1.46. The zero-order valence-electron chi connectivity index (χ0n) is 14.3. The summed E-state index contributed by atoms with van der Waals surface area (Å²) in [5.41, 5.74) is 1.53. The van der Waals surface area contributed by atoms with Gasteiger partial charge in [-0.2, -0.15) is 0 Å². The molecule has 0 unspecified atom stereocenters. The standard InChI is InChI=1S/C18H16FN5O2S/c1-11(25)12-4-3-7-15(9-12)21-16(26)10-27-18-23-22-17(24(18)20)13-5-2-6-14(19)8-13/h2-9H,10,20H2,1H3,(H,21,26). The third kappa shape index (κ3) is 4.50. The van der Waals surface area contributed by atoms with Crippen LogP contribution in [0.1, 0.15) is 17.3 Å². The van der Waals surface area contributed by atoms with Gasteiger partial charge in [0, 0.05) is 16.8 Å². The van der Waals surface area contributed by atoms with Crippen molar-refractivity contribution in [3.63, 3.8) is 0 Å². The van der Waals surface area contributed by atoms with Crippen LogP contribution in [0.3, 0.4) is 0 Å². The molecular formula is C18H16FN5O2S. The van der Waals surface area contributed by atoms with Crippen LogP contribution in [0.25, 0.3) is 11.4 Å². The lowest BCUT2D eigenvalue weighted by Gasteiger charge is -2.06. The molecule has 2 aromatic carbocycles. The topological polar surface area (TPSA) is 103 Å². The maximum Gasteiger partial charge on any atom is 0.234 e. The van der Waals surface area contributed by atoms with E-state index in [0.29, 0.717) is 27.8 Å². The number of anilines is 1. The smallest absolute Gasteiger partial charge is 0.234 e. The number of nitrogens with two attached hydrogens (primary N) is 1. The minimum atomic E-state index is -0.406. The molecule has 0 fully saturated rings. The quantitative estimate of drug-likeness (QED) is 0.384.